The molecule has 26 heavy (non-hydrogen) atoms. The maximum absolute atomic E-state index is 11.3. The Morgan fingerprint density at radius 2 is 2.08 bits per heavy atom. The first-order valence-electron chi connectivity index (χ1n) is 9.45. The van der Waals surface area contributed by atoms with Crippen molar-refractivity contribution < 1.29 is 4.79 Å². The zero-order valence-electron chi connectivity index (χ0n) is 15.1. The van der Waals surface area contributed by atoms with E-state index in [1.165, 1.54) is 35.3 Å². The SMILES string of the molecule is CC(=O)Nc1ccc2c(c1)C(CN1CCC(c3cc(Cl)cs3)CC1)CC2. The molecular weight excluding hydrogens is 364 g/mol. The van der Waals surface area contributed by atoms with E-state index in [0.29, 0.717) is 11.8 Å². The first-order chi connectivity index (χ1) is 12.6. The molecule has 1 fully saturated rings. The normalized spacial score (nSPS) is 20.9. The standard InChI is InChI=1S/C21H25ClN2OS/c1-14(25)23-19-5-4-15-2-3-17(20(15)11-19)12-24-8-6-16(7-9-24)21-10-18(22)13-26-21/h4-5,10-11,13,16-17H,2-3,6-9,12H2,1H3,(H,23,25). The molecule has 0 spiro atoms. The molecule has 2 aromatic rings. The van der Waals surface area contributed by atoms with Gasteiger partial charge in [-0.15, -0.1) is 11.3 Å². The van der Waals surface area contributed by atoms with Crippen LogP contribution < -0.4 is 5.32 Å². The van der Waals surface area contributed by atoms with Gasteiger partial charge < -0.3 is 10.2 Å². The average Bonchev–Trinajstić information content (AvgIpc) is 3.22. The smallest absolute Gasteiger partial charge is 0.221 e. The van der Waals surface area contributed by atoms with Gasteiger partial charge in [-0.25, -0.2) is 0 Å². The Labute approximate surface area is 164 Å². The summed E-state index contributed by atoms with van der Waals surface area (Å²) < 4.78 is 0. The van der Waals surface area contributed by atoms with Crippen molar-refractivity contribution in [3.63, 3.8) is 0 Å². The highest BCUT2D eigenvalue weighted by Gasteiger charge is 2.28. The number of hydrogen-bond donors (Lipinski definition) is 1. The third-order valence-electron chi connectivity index (χ3n) is 5.72. The van der Waals surface area contributed by atoms with E-state index in [1.54, 1.807) is 18.3 Å². The van der Waals surface area contributed by atoms with Crippen molar-refractivity contribution in [1.82, 2.24) is 4.90 Å². The third-order valence-corrected chi connectivity index (χ3v) is 7.17. The van der Waals surface area contributed by atoms with Gasteiger partial charge in [0.15, 0.2) is 0 Å². The van der Waals surface area contributed by atoms with E-state index in [-0.39, 0.29) is 5.91 Å². The fourth-order valence-electron chi connectivity index (χ4n) is 4.41. The van der Waals surface area contributed by atoms with Gasteiger partial charge in [-0.2, -0.15) is 0 Å². The number of halogens is 1. The number of nitrogens with zero attached hydrogens (tertiary/aromatic N) is 1. The Balaban J connectivity index is 1.37. The number of aryl methyl sites for hydroxylation is 1. The highest BCUT2D eigenvalue weighted by Crippen LogP contribution is 2.38. The van der Waals surface area contributed by atoms with Gasteiger partial charge in [-0.05, 0) is 79.9 Å². The zero-order chi connectivity index (χ0) is 18.1. The molecule has 138 valence electrons. The van der Waals surface area contributed by atoms with Crippen molar-refractivity contribution in [2.24, 2.45) is 0 Å². The molecule has 2 heterocycles. The summed E-state index contributed by atoms with van der Waals surface area (Å²) in [6.45, 7) is 5.03. The summed E-state index contributed by atoms with van der Waals surface area (Å²) in [5, 5.41) is 5.85. The molecule has 5 heteroatoms. The summed E-state index contributed by atoms with van der Waals surface area (Å²) in [5.74, 6) is 1.26. The second-order valence-corrected chi connectivity index (χ2v) is 8.95. The molecule has 1 aliphatic heterocycles. The minimum atomic E-state index is -0.00440. The molecular formula is C21H25ClN2OS. The lowest BCUT2D eigenvalue weighted by molar-refractivity contribution is -0.114. The molecule has 0 bridgehead atoms. The highest BCUT2D eigenvalue weighted by molar-refractivity contribution is 7.10. The molecule has 3 nitrogen and oxygen atoms in total. The molecule has 1 unspecified atom stereocenters. The van der Waals surface area contributed by atoms with Gasteiger partial charge in [-0.3, -0.25) is 4.79 Å². The van der Waals surface area contributed by atoms with Gasteiger partial charge in [0.25, 0.3) is 0 Å². The number of hydrogen-bond acceptors (Lipinski definition) is 3. The Bertz CT molecular complexity index is 795. The minimum absolute atomic E-state index is 0.00440. The van der Waals surface area contributed by atoms with Crippen molar-refractivity contribution in [1.29, 1.82) is 0 Å². The fourth-order valence-corrected chi connectivity index (χ4v) is 5.67. The van der Waals surface area contributed by atoms with Crippen molar-refractivity contribution >= 4 is 34.5 Å². The van der Waals surface area contributed by atoms with E-state index < -0.39 is 0 Å². The summed E-state index contributed by atoms with van der Waals surface area (Å²) in [7, 11) is 0. The Hall–Kier alpha value is -1.36. The summed E-state index contributed by atoms with van der Waals surface area (Å²) in [6, 6.07) is 8.55. The lowest BCUT2D eigenvalue weighted by Gasteiger charge is -2.33. The lowest BCUT2D eigenvalue weighted by atomic mass is 9.93. The first kappa shape index (κ1) is 18.0. The molecule has 1 N–H and O–H groups in total. The number of fused-ring (bicyclic) bond motifs is 1. The fraction of sp³-hybridized carbons (Fsp3) is 0.476. The largest absolute Gasteiger partial charge is 0.326 e. The number of carbonyl (C=O) groups excluding carboxylic acids is 1. The van der Waals surface area contributed by atoms with Crippen LogP contribution in [0.25, 0.3) is 0 Å². The van der Waals surface area contributed by atoms with E-state index in [4.69, 9.17) is 11.6 Å². The van der Waals surface area contributed by atoms with Crippen LogP contribution in [0.2, 0.25) is 5.02 Å². The summed E-state index contributed by atoms with van der Waals surface area (Å²) >= 11 is 7.89. The molecule has 1 aliphatic carbocycles. The van der Waals surface area contributed by atoms with Crippen LogP contribution >= 0.6 is 22.9 Å². The number of piperidine rings is 1. The lowest BCUT2D eigenvalue weighted by Crippen LogP contribution is -2.35. The molecule has 0 saturated carbocycles. The van der Waals surface area contributed by atoms with Crippen LogP contribution in [0.15, 0.2) is 29.6 Å². The Kier molecular flexibility index (Phi) is 5.35. The number of nitrogens with one attached hydrogen (secondary N) is 1. The molecule has 4 rings (SSSR count). The van der Waals surface area contributed by atoms with E-state index in [0.717, 1.165) is 36.8 Å². The Morgan fingerprint density at radius 1 is 1.27 bits per heavy atom. The quantitative estimate of drug-likeness (QED) is 0.773. The molecule has 1 atom stereocenters. The van der Waals surface area contributed by atoms with Crippen molar-refractivity contribution in [3.05, 3.63) is 50.7 Å². The third kappa shape index (κ3) is 3.98. The van der Waals surface area contributed by atoms with Gasteiger partial charge in [0.1, 0.15) is 0 Å². The van der Waals surface area contributed by atoms with Gasteiger partial charge in [0.2, 0.25) is 5.91 Å². The molecule has 0 radical (unpaired) electrons. The molecule has 2 aliphatic rings. The minimum Gasteiger partial charge on any atom is -0.326 e. The topological polar surface area (TPSA) is 32.3 Å². The highest BCUT2D eigenvalue weighted by atomic mass is 35.5. The van der Waals surface area contributed by atoms with E-state index in [2.05, 4.69) is 28.4 Å². The molecule has 1 aromatic carbocycles. The van der Waals surface area contributed by atoms with Gasteiger partial charge in [0.05, 0.1) is 5.02 Å². The van der Waals surface area contributed by atoms with Gasteiger partial charge in [-0.1, -0.05) is 17.7 Å². The predicted molar refractivity (Wildman–Crippen MR) is 110 cm³/mol. The van der Waals surface area contributed by atoms with Crippen molar-refractivity contribution in [2.75, 3.05) is 25.0 Å². The van der Waals surface area contributed by atoms with Crippen LogP contribution in [-0.2, 0) is 11.2 Å². The van der Waals surface area contributed by atoms with Crippen LogP contribution in [0, 0.1) is 0 Å². The first-order valence-corrected chi connectivity index (χ1v) is 10.7. The monoisotopic (exact) mass is 388 g/mol. The molecule has 1 amide bonds. The number of anilines is 1. The van der Waals surface area contributed by atoms with Crippen LogP contribution in [0.5, 0.6) is 0 Å². The van der Waals surface area contributed by atoms with E-state index >= 15 is 0 Å². The van der Waals surface area contributed by atoms with Crippen LogP contribution in [0.3, 0.4) is 0 Å². The molecule has 1 aromatic heterocycles. The summed E-state index contributed by atoms with van der Waals surface area (Å²) in [6.07, 6.45) is 4.83. The summed E-state index contributed by atoms with van der Waals surface area (Å²) in [5.41, 5.74) is 3.81. The van der Waals surface area contributed by atoms with E-state index in [1.807, 2.05) is 11.4 Å². The second-order valence-electron chi connectivity index (χ2n) is 7.57. The predicted octanol–water partition coefficient (Wildman–Crippen LogP) is 5.27. The number of likely N-dealkylation sites (tertiary alicyclic amines) is 1. The number of rotatable bonds is 4. The van der Waals surface area contributed by atoms with Crippen molar-refractivity contribution in [2.45, 2.75) is 44.4 Å². The van der Waals surface area contributed by atoms with Gasteiger partial charge in [0, 0.05) is 29.4 Å². The molecule has 1 saturated heterocycles. The van der Waals surface area contributed by atoms with E-state index in [9.17, 15) is 4.79 Å². The maximum atomic E-state index is 11.3. The van der Waals surface area contributed by atoms with Crippen LogP contribution in [0.4, 0.5) is 5.69 Å². The number of benzene rings is 1. The second kappa shape index (κ2) is 7.71. The number of carbonyl (C=O) groups is 1. The Morgan fingerprint density at radius 3 is 2.77 bits per heavy atom. The van der Waals surface area contributed by atoms with Crippen LogP contribution in [-0.4, -0.2) is 30.4 Å². The maximum Gasteiger partial charge on any atom is 0.221 e. The number of amides is 1. The van der Waals surface area contributed by atoms with Crippen LogP contribution in [0.1, 0.15) is 54.0 Å². The van der Waals surface area contributed by atoms with Gasteiger partial charge >= 0.3 is 0 Å². The average molecular weight is 389 g/mol. The van der Waals surface area contributed by atoms with Crippen molar-refractivity contribution in [3.8, 4) is 0 Å². The summed E-state index contributed by atoms with van der Waals surface area (Å²) in [4.78, 5) is 15.4. The number of thiophene rings is 1. The zero-order valence-corrected chi connectivity index (χ0v) is 16.7.